The molecule has 0 unspecified atom stereocenters. The summed E-state index contributed by atoms with van der Waals surface area (Å²) in [5.41, 5.74) is 0.729. The number of carbonyl (C=O) groups is 1. The number of halogens is 1. The largest absolute Gasteiger partial charge is 0.454 e. The van der Waals surface area contributed by atoms with Gasteiger partial charge in [0.15, 0.2) is 11.5 Å². The van der Waals surface area contributed by atoms with E-state index in [2.05, 4.69) is 0 Å². The Kier molecular flexibility index (Phi) is 2.48. The summed E-state index contributed by atoms with van der Waals surface area (Å²) in [5.74, 6) is 1.63. The van der Waals surface area contributed by atoms with E-state index in [1.807, 2.05) is 0 Å². The Bertz CT molecular complexity index is 465. The molecule has 0 aliphatic carbocycles. The summed E-state index contributed by atoms with van der Waals surface area (Å²) < 4.78 is 15.5. The fourth-order valence-corrected chi connectivity index (χ4v) is 2.03. The van der Waals surface area contributed by atoms with Crippen molar-refractivity contribution in [3.8, 4) is 11.5 Å². The van der Waals surface area contributed by atoms with Crippen molar-refractivity contribution in [2.24, 2.45) is 0 Å². The molecule has 0 bridgehead atoms. The molecule has 1 aromatic rings. The maximum Gasteiger partial charge on any atom is 0.414 e. The lowest BCUT2D eigenvalue weighted by Gasteiger charge is -2.12. The van der Waals surface area contributed by atoms with Gasteiger partial charge in [-0.15, -0.1) is 11.6 Å². The lowest BCUT2D eigenvalue weighted by atomic mass is 10.2. The zero-order chi connectivity index (χ0) is 11.8. The number of carbonyl (C=O) groups excluding carboxylic acids is 1. The first kappa shape index (κ1) is 10.5. The van der Waals surface area contributed by atoms with Crippen LogP contribution in [0.5, 0.6) is 11.5 Å². The van der Waals surface area contributed by atoms with Crippen molar-refractivity contribution in [3.05, 3.63) is 18.2 Å². The summed E-state index contributed by atoms with van der Waals surface area (Å²) in [5, 5.41) is 0. The lowest BCUT2D eigenvalue weighted by Crippen LogP contribution is -2.24. The highest BCUT2D eigenvalue weighted by molar-refractivity contribution is 6.18. The van der Waals surface area contributed by atoms with Crippen LogP contribution in [0.1, 0.15) is 0 Å². The smallest absolute Gasteiger partial charge is 0.414 e. The van der Waals surface area contributed by atoms with E-state index in [-0.39, 0.29) is 19.0 Å². The molecule has 2 heterocycles. The molecule has 6 heteroatoms. The predicted octanol–water partition coefficient (Wildman–Crippen LogP) is 1.98. The maximum atomic E-state index is 11.6. The van der Waals surface area contributed by atoms with Gasteiger partial charge in [0, 0.05) is 6.07 Å². The molecule has 0 radical (unpaired) electrons. The summed E-state index contributed by atoms with van der Waals surface area (Å²) >= 11 is 5.67. The molecule has 1 amide bonds. The Morgan fingerprint density at radius 2 is 2.18 bits per heavy atom. The highest BCUT2D eigenvalue weighted by atomic mass is 35.5. The number of anilines is 1. The third kappa shape index (κ3) is 1.76. The van der Waals surface area contributed by atoms with Crippen LogP contribution in [0.25, 0.3) is 0 Å². The van der Waals surface area contributed by atoms with E-state index < -0.39 is 0 Å². The third-order valence-electron chi connectivity index (χ3n) is 2.71. The van der Waals surface area contributed by atoms with E-state index in [4.69, 9.17) is 25.8 Å². The van der Waals surface area contributed by atoms with Gasteiger partial charge in [-0.3, -0.25) is 4.90 Å². The highest BCUT2D eigenvalue weighted by Gasteiger charge is 2.32. The molecular formula is C11H10ClNO4. The first-order valence-electron chi connectivity index (χ1n) is 5.21. The van der Waals surface area contributed by atoms with Gasteiger partial charge in [-0.1, -0.05) is 0 Å². The molecule has 0 aromatic heterocycles. The van der Waals surface area contributed by atoms with Gasteiger partial charge in [0.2, 0.25) is 6.79 Å². The molecule has 17 heavy (non-hydrogen) atoms. The van der Waals surface area contributed by atoms with E-state index in [1.165, 1.54) is 4.90 Å². The first-order valence-corrected chi connectivity index (χ1v) is 5.75. The fraction of sp³-hybridized carbons (Fsp3) is 0.364. The summed E-state index contributed by atoms with van der Waals surface area (Å²) in [6.07, 6.45) is -0.635. The van der Waals surface area contributed by atoms with Crippen LogP contribution in [0.2, 0.25) is 0 Å². The molecule has 1 aromatic carbocycles. The molecule has 0 saturated carbocycles. The molecule has 0 N–H and O–H groups in total. The van der Waals surface area contributed by atoms with Gasteiger partial charge in [0.25, 0.3) is 0 Å². The second-order valence-electron chi connectivity index (χ2n) is 3.81. The van der Waals surface area contributed by atoms with Crippen molar-refractivity contribution in [2.45, 2.75) is 6.10 Å². The Morgan fingerprint density at radius 3 is 2.94 bits per heavy atom. The van der Waals surface area contributed by atoms with Crippen LogP contribution < -0.4 is 14.4 Å². The number of ether oxygens (including phenoxy) is 3. The van der Waals surface area contributed by atoms with Gasteiger partial charge < -0.3 is 14.2 Å². The summed E-state index contributed by atoms with van der Waals surface area (Å²) in [4.78, 5) is 13.2. The normalized spacial score (nSPS) is 21.8. The first-order chi connectivity index (χ1) is 8.28. The minimum absolute atomic E-state index is 0.216. The fourth-order valence-electron chi connectivity index (χ4n) is 1.87. The number of amides is 1. The Hall–Kier alpha value is -1.62. The average Bonchev–Trinajstić information content (AvgIpc) is 2.93. The van der Waals surface area contributed by atoms with E-state index in [1.54, 1.807) is 18.2 Å². The molecule has 1 atom stereocenters. The van der Waals surface area contributed by atoms with E-state index in [0.29, 0.717) is 23.9 Å². The average molecular weight is 256 g/mol. The summed E-state index contributed by atoms with van der Waals surface area (Å²) in [7, 11) is 0. The molecule has 2 aliphatic heterocycles. The van der Waals surface area contributed by atoms with E-state index >= 15 is 0 Å². The van der Waals surface area contributed by atoms with Crippen molar-refractivity contribution < 1.29 is 19.0 Å². The van der Waals surface area contributed by atoms with E-state index in [0.717, 1.165) is 5.69 Å². The number of fused-ring (bicyclic) bond motifs is 1. The van der Waals surface area contributed by atoms with Crippen LogP contribution in [0.15, 0.2) is 18.2 Å². The Balaban J connectivity index is 1.87. The second kappa shape index (κ2) is 4.00. The maximum absolute atomic E-state index is 11.6. The number of cyclic esters (lactones) is 1. The van der Waals surface area contributed by atoms with Gasteiger partial charge in [-0.05, 0) is 12.1 Å². The van der Waals surface area contributed by atoms with Gasteiger partial charge in [-0.2, -0.15) is 0 Å². The van der Waals surface area contributed by atoms with Crippen molar-refractivity contribution in [2.75, 3.05) is 24.1 Å². The van der Waals surface area contributed by atoms with Crippen LogP contribution in [0.3, 0.4) is 0 Å². The van der Waals surface area contributed by atoms with Crippen molar-refractivity contribution >= 4 is 23.4 Å². The number of rotatable bonds is 2. The predicted molar refractivity (Wildman–Crippen MR) is 60.9 cm³/mol. The number of benzene rings is 1. The standard InChI is InChI=1S/C11H10ClNO4/c12-4-8-5-13(11(14)17-8)7-1-2-9-10(3-7)16-6-15-9/h1-3,8H,4-6H2/t8-/m0/s1. The van der Waals surface area contributed by atoms with Crippen LogP contribution in [0.4, 0.5) is 10.5 Å². The third-order valence-corrected chi connectivity index (χ3v) is 3.06. The van der Waals surface area contributed by atoms with Crippen molar-refractivity contribution in [3.63, 3.8) is 0 Å². The van der Waals surface area contributed by atoms with Gasteiger partial charge in [0.05, 0.1) is 18.1 Å². The van der Waals surface area contributed by atoms with Gasteiger partial charge in [-0.25, -0.2) is 4.79 Å². The molecule has 1 fully saturated rings. The number of hydrogen-bond acceptors (Lipinski definition) is 4. The minimum Gasteiger partial charge on any atom is -0.454 e. The molecule has 3 rings (SSSR count). The molecular weight excluding hydrogens is 246 g/mol. The Labute approximate surface area is 103 Å². The number of hydrogen-bond donors (Lipinski definition) is 0. The van der Waals surface area contributed by atoms with Crippen LogP contribution in [0, 0.1) is 0 Å². The van der Waals surface area contributed by atoms with Gasteiger partial charge in [0.1, 0.15) is 6.10 Å². The zero-order valence-corrected chi connectivity index (χ0v) is 9.64. The Morgan fingerprint density at radius 1 is 1.35 bits per heavy atom. The molecule has 5 nitrogen and oxygen atoms in total. The lowest BCUT2D eigenvalue weighted by molar-refractivity contribution is 0.151. The second-order valence-corrected chi connectivity index (χ2v) is 4.12. The van der Waals surface area contributed by atoms with Crippen molar-refractivity contribution in [1.82, 2.24) is 0 Å². The number of nitrogens with zero attached hydrogens (tertiary/aromatic N) is 1. The summed E-state index contributed by atoms with van der Waals surface area (Å²) in [6, 6.07) is 5.34. The van der Waals surface area contributed by atoms with Crippen LogP contribution >= 0.6 is 11.6 Å². The molecule has 1 saturated heterocycles. The van der Waals surface area contributed by atoms with Crippen LogP contribution in [-0.2, 0) is 4.74 Å². The quantitative estimate of drug-likeness (QED) is 0.758. The zero-order valence-electron chi connectivity index (χ0n) is 8.89. The summed E-state index contributed by atoms with van der Waals surface area (Å²) in [6.45, 7) is 0.676. The SMILES string of the molecule is O=C1O[C@@H](CCl)CN1c1ccc2c(c1)OCO2. The minimum atomic E-state index is -0.380. The monoisotopic (exact) mass is 255 g/mol. The van der Waals surface area contributed by atoms with Gasteiger partial charge >= 0.3 is 6.09 Å². The number of alkyl halides is 1. The molecule has 2 aliphatic rings. The van der Waals surface area contributed by atoms with E-state index in [9.17, 15) is 4.79 Å². The van der Waals surface area contributed by atoms with Crippen molar-refractivity contribution in [1.29, 1.82) is 0 Å². The molecule has 90 valence electrons. The molecule has 0 spiro atoms. The highest BCUT2D eigenvalue weighted by Crippen LogP contribution is 2.36. The topological polar surface area (TPSA) is 48.0 Å². The van der Waals surface area contributed by atoms with Crippen LogP contribution in [-0.4, -0.2) is 31.4 Å².